The average Bonchev–Trinajstić information content (AvgIpc) is 2.86. The lowest BCUT2D eigenvalue weighted by molar-refractivity contribution is -0.145. The molecular formula is C31H32O4S. The van der Waals surface area contributed by atoms with E-state index in [1.807, 2.05) is 43.3 Å². The lowest BCUT2D eigenvalue weighted by Gasteiger charge is -2.10. The second-order valence-corrected chi connectivity index (χ2v) is 9.80. The molecule has 0 aliphatic rings. The fraction of sp³-hybridized carbons (Fsp3) is 0.258. The summed E-state index contributed by atoms with van der Waals surface area (Å²) in [5, 5.41) is 10.1. The lowest BCUT2D eigenvalue weighted by atomic mass is 10.00. The summed E-state index contributed by atoms with van der Waals surface area (Å²) in [6, 6.07) is 24.5. The highest BCUT2D eigenvalue weighted by atomic mass is 32.2. The van der Waals surface area contributed by atoms with Crippen molar-refractivity contribution in [3.63, 3.8) is 0 Å². The van der Waals surface area contributed by atoms with E-state index in [1.165, 1.54) is 0 Å². The van der Waals surface area contributed by atoms with Crippen molar-refractivity contribution >= 4 is 23.3 Å². The van der Waals surface area contributed by atoms with E-state index in [4.69, 9.17) is 9.47 Å². The summed E-state index contributed by atoms with van der Waals surface area (Å²) in [5.41, 5.74) is 4.06. The number of aryl methyl sites for hydroxylation is 1. The van der Waals surface area contributed by atoms with Crippen molar-refractivity contribution in [2.75, 3.05) is 19.0 Å². The number of thioether (sulfide) groups is 1. The van der Waals surface area contributed by atoms with Crippen LogP contribution in [0.1, 0.15) is 31.9 Å². The SMILES string of the molecule is CCOC(=O)COc1ccc(SC/C=C(\C#CC(C)(C)O)c2ccc(-c3ccccc3)cc2)cc1C. The maximum Gasteiger partial charge on any atom is 0.344 e. The highest BCUT2D eigenvalue weighted by Crippen LogP contribution is 2.27. The number of ether oxygens (including phenoxy) is 2. The van der Waals surface area contributed by atoms with E-state index >= 15 is 0 Å². The number of allylic oxidation sites excluding steroid dienone is 1. The fourth-order valence-electron chi connectivity index (χ4n) is 3.37. The van der Waals surface area contributed by atoms with E-state index in [2.05, 4.69) is 54.3 Å². The zero-order chi connectivity index (χ0) is 26.0. The third-order valence-corrected chi connectivity index (χ3v) is 6.06. The predicted octanol–water partition coefficient (Wildman–Crippen LogP) is 6.55. The second kappa shape index (κ2) is 13.0. The molecule has 0 unspecified atom stereocenters. The van der Waals surface area contributed by atoms with Gasteiger partial charge in [0, 0.05) is 16.2 Å². The zero-order valence-electron chi connectivity index (χ0n) is 21.2. The Morgan fingerprint density at radius 1 is 1.03 bits per heavy atom. The number of hydrogen-bond acceptors (Lipinski definition) is 5. The van der Waals surface area contributed by atoms with E-state index in [0.717, 1.165) is 32.7 Å². The summed E-state index contributed by atoms with van der Waals surface area (Å²) in [4.78, 5) is 12.6. The molecule has 0 atom stereocenters. The van der Waals surface area contributed by atoms with Gasteiger partial charge in [0.2, 0.25) is 0 Å². The summed E-state index contributed by atoms with van der Waals surface area (Å²) in [6.07, 6.45) is 2.08. The molecule has 36 heavy (non-hydrogen) atoms. The minimum atomic E-state index is -1.08. The van der Waals surface area contributed by atoms with E-state index in [-0.39, 0.29) is 12.6 Å². The first-order valence-corrected chi connectivity index (χ1v) is 12.9. The van der Waals surface area contributed by atoms with Gasteiger partial charge in [-0.25, -0.2) is 4.79 Å². The molecule has 0 saturated heterocycles. The minimum Gasteiger partial charge on any atom is -0.482 e. The molecular weight excluding hydrogens is 468 g/mol. The first-order chi connectivity index (χ1) is 17.2. The van der Waals surface area contributed by atoms with Crippen molar-refractivity contribution < 1.29 is 19.4 Å². The fourth-order valence-corrected chi connectivity index (χ4v) is 4.24. The van der Waals surface area contributed by atoms with Crippen LogP contribution in [0.15, 0.2) is 83.8 Å². The van der Waals surface area contributed by atoms with Crippen LogP contribution in [0, 0.1) is 18.8 Å². The van der Waals surface area contributed by atoms with Crippen molar-refractivity contribution in [1.29, 1.82) is 0 Å². The number of carbonyl (C=O) groups excluding carboxylic acids is 1. The molecule has 3 rings (SSSR count). The van der Waals surface area contributed by atoms with Crippen molar-refractivity contribution in [1.82, 2.24) is 0 Å². The van der Waals surface area contributed by atoms with E-state index in [1.54, 1.807) is 32.5 Å². The van der Waals surface area contributed by atoms with Crippen LogP contribution in [0.2, 0.25) is 0 Å². The molecule has 5 heteroatoms. The van der Waals surface area contributed by atoms with Gasteiger partial charge in [-0.3, -0.25) is 0 Å². The highest BCUT2D eigenvalue weighted by Gasteiger charge is 2.09. The van der Waals surface area contributed by atoms with Crippen LogP contribution < -0.4 is 4.74 Å². The summed E-state index contributed by atoms with van der Waals surface area (Å²) in [7, 11) is 0. The highest BCUT2D eigenvalue weighted by molar-refractivity contribution is 7.99. The summed E-state index contributed by atoms with van der Waals surface area (Å²) < 4.78 is 10.5. The first-order valence-electron chi connectivity index (χ1n) is 11.9. The van der Waals surface area contributed by atoms with Gasteiger partial charge in [0.15, 0.2) is 6.61 Å². The average molecular weight is 501 g/mol. The van der Waals surface area contributed by atoms with Gasteiger partial charge in [0.25, 0.3) is 0 Å². The largest absolute Gasteiger partial charge is 0.482 e. The third kappa shape index (κ3) is 8.64. The maximum absolute atomic E-state index is 11.5. The molecule has 0 amide bonds. The third-order valence-electron chi connectivity index (χ3n) is 5.14. The number of hydrogen-bond donors (Lipinski definition) is 1. The topological polar surface area (TPSA) is 55.8 Å². The van der Waals surface area contributed by atoms with Crippen LogP contribution in [-0.2, 0) is 9.53 Å². The van der Waals surface area contributed by atoms with Crippen LogP contribution in [0.5, 0.6) is 5.75 Å². The minimum absolute atomic E-state index is 0.101. The Morgan fingerprint density at radius 2 is 1.72 bits per heavy atom. The molecule has 3 aromatic rings. The van der Waals surface area contributed by atoms with E-state index in [9.17, 15) is 9.90 Å². The van der Waals surface area contributed by atoms with E-state index < -0.39 is 5.60 Å². The van der Waals surface area contributed by atoms with Gasteiger partial charge in [-0.1, -0.05) is 72.5 Å². The summed E-state index contributed by atoms with van der Waals surface area (Å²) >= 11 is 1.68. The summed E-state index contributed by atoms with van der Waals surface area (Å²) in [6.45, 7) is 7.32. The smallest absolute Gasteiger partial charge is 0.344 e. The standard InChI is InChI=1S/C31H32O4S/c1-5-34-30(32)22-35-29-16-15-28(21-23(29)2)36-20-18-27(17-19-31(3,4)33)26-13-11-25(12-14-26)24-9-7-6-8-10-24/h6-16,18,21,33H,5,20,22H2,1-4H3/b27-18+. The number of rotatable bonds is 9. The Balaban J connectivity index is 1.72. The van der Waals surface area contributed by atoms with Gasteiger partial charge >= 0.3 is 5.97 Å². The molecule has 0 aromatic heterocycles. The molecule has 0 fully saturated rings. The van der Waals surface area contributed by atoms with Crippen molar-refractivity contribution in [2.45, 2.75) is 38.2 Å². The van der Waals surface area contributed by atoms with Crippen LogP contribution >= 0.6 is 11.8 Å². The quantitative estimate of drug-likeness (QED) is 0.205. The molecule has 0 aliphatic heterocycles. The molecule has 0 spiro atoms. The van der Waals surface area contributed by atoms with Crippen molar-refractivity contribution in [2.24, 2.45) is 0 Å². The molecule has 186 valence electrons. The normalized spacial score (nSPS) is 11.4. The summed E-state index contributed by atoms with van der Waals surface area (Å²) in [5.74, 6) is 7.10. The Hall–Kier alpha value is -3.46. The Labute approximate surface area is 218 Å². The van der Waals surface area contributed by atoms with Crippen LogP contribution in [0.4, 0.5) is 0 Å². The second-order valence-electron chi connectivity index (χ2n) is 8.70. The molecule has 1 N–H and O–H groups in total. The zero-order valence-corrected chi connectivity index (χ0v) is 22.0. The van der Waals surface area contributed by atoms with Gasteiger partial charge in [-0.15, -0.1) is 11.8 Å². The van der Waals surface area contributed by atoms with Gasteiger partial charge in [-0.2, -0.15) is 0 Å². The van der Waals surface area contributed by atoms with Gasteiger partial charge in [0.1, 0.15) is 11.4 Å². The number of aliphatic hydroxyl groups is 1. The molecule has 0 aliphatic carbocycles. The van der Waals surface area contributed by atoms with Crippen LogP contribution in [0.3, 0.4) is 0 Å². The number of benzene rings is 3. The Kier molecular flexibility index (Phi) is 9.81. The van der Waals surface area contributed by atoms with E-state index in [0.29, 0.717) is 18.1 Å². The van der Waals surface area contributed by atoms with Crippen molar-refractivity contribution in [3.05, 3.63) is 90.0 Å². The number of carbonyl (C=O) groups is 1. The van der Waals surface area contributed by atoms with Gasteiger partial charge in [0.05, 0.1) is 6.61 Å². The number of esters is 1. The first kappa shape index (κ1) is 27.1. The van der Waals surface area contributed by atoms with Crippen LogP contribution in [-0.4, -0.2) is 35.6 Å². The van der Waals surface area contributed by atoms with Gasteiger partial charge < -0.3 is 14.6 Å². The lowest BCUT2D eigenvalue weighted by Crippen LogP contribution is -2.14. The molecule has 0 saturated carbocycles. The molecule has 3 aromatic carbocycles. The molecule has 4 nitrogen and oxygen atoms in total. The maximum atomic E-state index is 11.5. The monoisotopic (exact) mass is 500 g/mol. The molecule has 0 heterocycles. The van der Waals surface area contributed by atoms with Gasteiger partial charge in [-0.05, 0) is 68.1 Å². The molecule has 0 radical (unpaired) electrons. The molecule has 0 bridgehead atoms. The Bertz CT molecular complexity index is 1240. The van der Waals surface area contributed by atoms with Crippen molar-refractivity contribution in [3.8, 4) is 28.7 Å². The predicted molar refractivity (Wildman–Crippen MR) is 148 cm³/mol. The van der Waals surface area contributed by atoms with Crippen LogP contribution in [0.25, 0.3) is 16.7 Å². The Morgan fingerprint density at radius 3 is 2.36 bits per heavy atom.